The van der Waals surface area contributed by atoms with Crippen LogP contribution in [0.3, 0.4) is 0 Å². The Morgan fingerprint density at radius 2 is 1.77 bits per heavy atom. The van der Waals surface area contributed by atoms with E-state index in [1.54, 1.807) is 49.6 Å². The van der Waals surface area contributed by atoms with Gasteiger partial charge in [0.05, 0.1) is 23.9 Å². The van der Waals surface area contributed by atoms with E-state index >= 15 is 0 Å². The van der Waals surface area contributed by atoms with Crippen molar-refractivity contribution in [2.24, 2.45) is 0 Å². The van der Waals surface area contributed by atoms with Gasteiger partial charge in [0.2, 0.25) is 15.8 Å². The summed E-state index contributed by atoms with van der Waals surface area (Å²) in [5.74, 6) is -2.03. The van der Waals surface area contributed by atoms with Gasteiger partial charge in [0.25, 0.3) is 0 Å². The Kier molecular flexibility index (Phi) is 8.49. The summed E-state index contributed by atoms with van der Waals surface area (Å²) in [5, 5.41) is 3.18. The number of hydrogen-bond donors (Lipinski definition) is 1. The summed E-state index contributed by atoms with van der Waals surface area (Å²) in [6, 6.07) is 7.67. The van der Waals surface area contributed by atoms with E-state index in [1.807, 2.05) is 6.92 Å². The fourth-order valence-electron chi connectivity index (χ4n) is 4.99. The maximum Gasteiger partial charge on any atom is 0.410 e. The number of imidazole rings is 1. The summed E-state index contributed by atoms with van der Waals surface area (Å²) < 4.78 is 69.8. The number of anilines is 2. The molecule has 0 bridgehead atoms. The molecule has 0 aliphatic carbocycles. The number of piperazine rings is 1. The van der Waals surface area contributed by atoms with Crippen molar-refractivity contribution < 1.29 is 31.5 Å². The Morgan fingerprint density at radius 1 is 1.05 bits per heavy atom. The number of nitrogens with zero attached hydrogens (tertiary/aromatic N) is 5. The number of nitrogens with one attached hydrogen (secondary N) is 1. The first-order chi connectivity index (χ1) is 20.8. The highest BCUT2D eigenvalue weighted by molar-refractivity contribution is 7.89. The number of halogens is 2. The quantitative estimate of drug-likeness (QED) is 0.296. The lowest BCUT2D eigenvalue weighted by atomic mass is 10.1. The predicted molar refractivity (Wildman–Crippen MR) is 161 cm³/mol. The normalized spacial score (nSPS) is 14.6. The third-order valence-electron chi connectivity index (χ3n) is 7.18. The Hall–Kier alpha value is -4.30. The van der Waals surface area contributed by atoms with Gasteiger partial charge in [-0.15, -0.1) is 0 Å². The lowest BCUT2D eigenvalue weighted by Gasteiger charge is -2.35. The molecule has 14 heteroatoms. The van der Waals surface area contributed by atoms with Gasteiger partial charge >= 0.3 is 6.09 Å². The van der Waals surface area contributed by atoms with Crippen LogP contribution in [-0.4, -0.2) is 77.0 Å². The molecule has 1 saturated heterocycles. The van der Waals surface area contributed by atoms with Gasteiger partial charge in [0.1, 0.15) is 5.60 Å². The van der Waals surface area contributed by atoms with E-state index in [9.17, 15) is 22.0 Å². The van der Waals surface area contributed by atoms with Crippen molar-refractivity contribution in [3.05, 3.63) is 66.1 Å². The monoisotopic (exact) mass is 628 g/mol. The van der Waals surface area contributed by atoms with Gasteiger partial charge in [-0.05, 0) is 63.1 Å². The van der Waals surface area contributed by atoms with Crippen LogP contribution >= 0.6 is 0 Å². The van der Waals surface area contributed by atoms with Gasteiger partial charge in [0, 0.05) is 49.8 Å². The molecule has 0 spiro atoms. The van der Waals surface area contributed by atoms with Crippen molar-refractivity contribution >= 4 is 33.3 Å². The summed E-state index contributed by atoms with van der Waals surface area (Å²) in [6.45, 7) is 7.96. The highest BCUT2D eigenvalue weighted by Gasteiger charge is 2.33. The Bertz CT molecular complexity index is 1810. The number of aryl methyl sites for hydroxylation is 1. The summed E-state index contributed by atoms with van der Waals surface area (Å²) in [6.07, 6.45) is 4.47. The van der Waals surface area contributed by atoms with Gasteiger partial charge in [-0.3, -0.25) is 4.40 Å². The number of carbonyl (C=O) groups is 1. The molecule has 1 fully saturated rings. The molecule has 2 aromatic carbocycles. The molecular formula is C30H34F2N6O5S. The molecule has 3 heterocycles. The minimum atomic E-state index is -3.83. The largest absolute Gasteiger partial charge is 0.494 e. The number of fused-ring (bicyclic) bond motifs is 1. The SMILES string of the molecule is CCc1cc(Nc2nccn3c(-c4ccc(OC)c(F)c4F)cnc23)ccc1S(=O)(=O)N1CCN(C(=O)OC(C)(C)C)CC1. The van der Waals surface area contributed by atoms with Crippen LogP contribution in [-0.2, 0) is 21.2 Å². The first kappa shape index (κ1) is 31.1. The average molecular weight is 629 g/mol. The van der Waals surface area contributed by atoms with E-state index in [2.05, 4.69) is 15.3 Å². The number of ether oxygens (including phenoxy) is 2. The number of rotatable bonds is 7. The molecule has 1 aliphatic rings. The van der Waals surface area contributed by atoms with Crippen LogP contribution in [0.4, 0.5) is 25.1 Å². The Labute approximate surface area is 254 Å². The van der Waals surface area contributed by atoms with Crippen molar-refractivity contribution in [1.29, 1.82) is 0 Å². The number of carbonyl (C=O) groups excluding carboxylic acids is 1. The second-order valence-electron chi connectivity index (χ2n) is 11.2. The zero-order chi connectivity index (χ0) is 31.8. The molecule has 4 aromatic rings. The smallest absolute Gasteiger partial charge is 0.410 e. The zero-order valence-corrected chi connectivity index (χ0v) is 25.9. The van der Waals surface area contributed by atoms with Crippen molar-refractivity contribution in [1.82, 2.24) is 23.6 Å². The van der Waals surface area contributed by atoms with Crippen LogP contribution in [0.15, 0.2) is 53.8 Å². The molecule has 0 saturated carbocycles. The number of sulfonamides is 1. The fraction of sp³-hybridized carbons (Fsp3) is 0.367. The average Bonchev–Trinajstić information content (AvgIpc) is 3.42. The summed E-state index contributed by atoms with van der Waals surface area (Å²) >= 11 is 0. The van der Waals surface area contributed by atoms with Crippen LogP contribution in [0, 0.1) is 11.6 Å². The second kappa shape index (κ2) is 12.0. The molecule has 11 nitrogen and oxygen atoms in total. The van der Waals surface area contributed by atoms with Crippen molar-refractivity contribution in [2.75, 3.05) is 38.6 Å². The molecule has 0 atom stereocenters. The Morgan fingerprint density at radius 3 is 2.43 bits per heavy atom. The molecule has 44 heavy (non-hydrogen) atoms. The van der Waals surface area contributed by atoms with E-state index in [0.29, 0.717) is 34.8 Å². The maximum absolute atomic E-state index is 14.9. The van der Waals surface area contributed by atoms with Crippen molar-refractivity contribution in [2.45, 2.75) is 44.6 Å². The van der Waals surface area contributed by atoms with E-state index in [0.717, 1.165) is 0 Å². The molecule has 2 aromatic heterocycles. The van der Waals surface area contributed by atoms with Crippen LogP contribution in [0.2, 0.25) is 0 Å². The lowest BCUT2D eigenvalue weighted by molar-refractivity contribution is 0.0192. The molecule has 1 amide bonds. The number of benzene rings is 2. The van der Waals surface area contributed by atoms with Gasteiger partial charge in [-0.1, -0.05) is 6.92 Å². The van der Waals surface area contributed by atoms with E-state index < -0.39 is 33.4 Å². The standard InChI is InChI=1S/C30H34F2N6O5S/c1-6-19-17-20(7-10-24(19)44(40,41)37-15-13-36(14-16-37)29(39)43-30(2,3)4)35-27-28-34-18-22(38(28)12-11-33-27)21-8-9-23(42-5)26(32)25(21)31/h7-12,17-18H,6,13-16H2,1-5H3,(H,33,35). The minimum Gasteiger partial charge on any atom is -0.494 e. The minimum absolute atomic E-state index is 0.00251. The zero-order valence-electron chi connectivity index (χ0n) is 25.1. The van der Waals surface area contributed by atoms with E-state index in [4.69, 9.17) is 9.47 Å². The third-order valence-corrected chi connectivity index (χ3v) is 9.18. The molecule has 1 aliphatic heterocycles. The highest BCUT2D eigenvalue weighted by atomic mass is 32.2. The van der Waals surface area contributed by atoms with Gasteiger partial charge in [-0.25, -0.2) is 27.6 Å². The number of aromatic nitrogens is 3. The molecule has 0 unspecified atom stereocenters. The predicted octanol–water partition coefficient (Wildman–Crippen LogP) is 5.23. The third kappa shape index (κ3) is 6.04. The fourth-order valence-corrected chi connectivity index (χ4v) is 6.69. The summed E-state index contributed by atoms with van der Waals surface area (Å²) in [7, 11) is -2.57. The topological polar surface area (TPSA) is 118 Å². The summed E-state index contributed by atoms with van der Waals surface area (Å²) in [4.78, 5) is 22.9. The number of amides is 1. The number of methoxy groups -OCH3 is 1. The van der Waals surface area contributed by atoms with Crippen LogP contribution in [0.1, 0.15) is 33.3 Å². The lowest BCUT2D eigenvalue weighted by Crippen LogP contribution is -2.51. The Balaban J connectivity index is 1.37. The second-order valence-corrected chi connectivity index (χ2v) is 13.1. The molecule has 1 N–H and O–H groups in total. The molecule has 5 rings (SSSR count). The van der Waals surface area contributed by atoms with Crippen molar-refractivity contribution in [3.8, 4) is 17.0 Å². The highest BCUT2D eigenvalue weighted by Crippen LogP contribution is 2.32. The molecule has 0 radical (unpaired) electrons. The van der Waals surface area contributed by atoms with Gasteiger partial charge in [0.15, 0.2) is 23.0 Å². The van der Waals surface area contributed by atoms with Crippen LogP contribution in [0.25, 0.3) is 16.9 Å². The van der Waals surface area contributed by atoms with E-state index in [1.165, 1.54) is 40.8 Å². The summed E-state index contributed by atoms with van der Waals surface area (Å²) in [5.41, 5.74) is 1.20. The first-order valence-corrected chi connectivity index (χ1v) is 15.5. The van der Waals surface area contributed by atoms with E-state index in [-0.39, 0.29) is 42.4 Å². The van der Waals surface area contributed by atoms with Gasteiger partial charge < -0.3 is 19.7 Å². The van der Waals surface area contributed by atoms with Gasteiger partial charge in [-0.2, -0.15) is 8.70 Å². The van der Waals surface area contributed by atoms with Crippen molar-refractivity contribution in [3.63, 3.8) is 0 Å². The number of hydrogen-bond acceptors (Lipinski definition) is 8. The first-order valence-electron chi connectivity index (χ1n) is 14.1. The molecule has 234 valence electrons. The maximum atomic E-state index is 14.9. The molecular weight excluding hydrogens is 594 g/mol. The van der Waals surface area contributed by atoms with Crippen LogP contribution < -0.4 is 10.1 Å². The van der Waals surface area contributed by atoms with Crippen LogP contribution in [0.5, 0.6) is 5.75 Å².